The minimum atomic E-state index is -5.25. The number of para-hydroxylation sites is 1. The molecule has 7 nitrogen and oxygen atoms in total. The van der Waals surface area contributed by atoms with E-state index in [2.05, 4.69) is 0 Å². The van der Waals surface area contributed by atoms with Gasteiger partial charge in [-0.25, -0.2) is 4.79 Å². The van der Waals surface area contributed by atoms with Crippen molar-refractivity contribution in [1.29, 1.82) is 0 Å². The number of aromatic carboxylic acids is 1. The first-order valence-corrected chi connectivity index (χ1v) is 5.61. The van der Waals surface area contributed by atoms with Crippen LogP contribution in [0, 0.1) is 0 Å². The molecule has 0 saturated heterocycles. The molecule has 15 heavy (non-hydrogen) atoms. The number of benzene rings is 1. The van der Waals surface area contributed by atoms with Gasteiger partial charge in [-0.15, -0.1) is 0 Å². The predicted molar refractivity (Wildman–Crippen MR) is 40.9 cm³/mol. The second-order valence-corrected chi connectivity index (χ2v) is 3.67. The molecule has 0 heterocycles. The van der Waals surface area contributed by atoms with Crippen LogP contribution in [-0.4, -0.2) is 24.5 Å². The fraction of sp³-hybridized carbons (Fsp3) is 0. The van der Waals surface area contributed by atoms with E-state index in [-0.39, 0.29) is 11.3 Å². The standard InChI is InChI=1S/C7H6O3.Cr.2H2O.2O/c8-6-4-2-1-3-5(6)7(9)10;;;;;/h1-4,8H,(H,9,10);;2*1H2;;/q;+2;;;;/p-2. The average molecular weight is 256 g/mol. The first kappa shape index (κ1) is 13.5. The Morgan fingerprint density at radius 2 is 1.53 bits per heavy atom. The van der Waals surface area contributed by atoms with Crippen molar-refractivity contribution in [3.05, 3.63) is 29.8 Å². The predicted octanol–water partition coefficient (Wildman–Crippen LogP) is -0.264. The molecule has 1 aromatic carbocycles. The van der Waals surface area contributed by atoms with E-state index in [1.807, 2.05) is 0 Å². The van der Waals surface area contributed by atoms with E-state index in [4.69, 9.17) is 26.1 Å². The van der Waals surface area contributed by atoms with Crippen LogP contribution < -0.4 is 0 Å². The normalized spacial score (nSPS) is 10.0. The SMILES string of the molecule is O=C(O)c1ccccc1O.[O]=[Cr](=[O])([OH])[OH]. The molecule has 0 aliphatic heterocycles. The van der Waals surface area contributed by atoms with Crippen LogP contribution in [-0.2, 0) is 21.2 Å². The number of aromatic hydroxyl groups is 1. The molecule has 84 valence electrons. The summed E-state index contributed by atoms with van der Waals surface area (Å²) < 4.78 is 31.9. The Morgan fingerprint density at radius 3 is 1.80 bits per heavy atom. The van der Waals surface area contributed by atoms with Crippen molar-refractivity contribution in [2.45, 2.75) is 0 Å². The van der Waals surface area contributed by atoms with E-state index >= 15 is 0 Å². The number of carboxylic acid groups (broad SMARTS) is 1. The van der Waals surface area contributed by atoms with Crippen molar-refractivity contribution in [1.82, 2.24) is 0 Å². The van der Waals surface area contributed by atoms with Crippen molar-refractivity contribution in [2.24, 2.45) is 0 Å². The molecule has 0 aromatic heterocycles. The summed E-state index contributed by atoms with van der Waals surface area (Å²) in [6, 6.07) is 5.81. The van der Waals surface area contributed by atoms with Crippen molar-refractivity contribution in [2.75, 3.05) is 0 Å². The van der Waals surface area contributed by atoms with Gasteiger partial charge in [-0.1, -0.05) is 12.1 Å². The van der Waals surface area contributed by atoms with Gasteiger partial charge < -0.3 is 10.2 Å². The summed E-state index contributed by atoms with van der Waals surface area (Å²) in [6.45, 7) is 0. The zero-order chi connectivity index (χ0) is 12.1. The Kier molecular flexibility index (Phi) is 4.90. The summed E-state index contributed by atoms with van der Waals surface area (Å²) in [5.74, 6) is -1.31. The summed E-state index contributed by atoms with van der Waals surface area (Å²) >= 11 is -5.25. The van der Waals surface area contributed by atoms with Gasteiger partial charge >= 0.3 is 35.5 Å². The Labute approximate surface area is 86.6 Å². The van der Waals surface area contributed by atoms with E-state index < -0.39 is 19.6 Å². The molecule has 1 rings (SSSR count). The molecule has 0 radical (unpaired) electrons. The maximum atomic E-state index is 10.3. The molecule has 0 bridgehead atoms. The number of hydrogen-bond donors (Lipinski definition) is 4. The Balaban J connectivity index is 0.000000336. The molecule has 0 atom stereocenters. The van der Waals surface area contributed by atoms with Crippen LogP contribution in [0.5, 0.6) is 5.75 Å². The molecule has 0 unspecified atom stereocenters. The number of carbonyl (C=O) groups is 1. The molecule has 0 spiro atoms. The number of carboxylic acids is 1. The monoisotopic (exact) mass is 256 g/mol. The molecule has 8 heteroatoms. The third-order valence-corrected chi connectivity index (χ3v) is 1.13. The van der Waals surface area contributed by atoms with Gasteiger partial charge in [0.1, 0.15) is 11.3 Å². The van der Waals surface area contributed by atoms with Crippen molar-refractivity contribution in [3.63, 3.8) is 0 Å². The van der Waals surface area contributed by atoms with Crippen LogP contribution in [0.15, 0.2) is 24.3 Å². The number of rotatable bonds is 1. The van der Waals surface area contributed by atoms with E-state index in [9.17, 15) is 4.79 Å². The molecule has 0 aliphatic rings. The van der Waals surface area contributed by atoms with Crippen molar-refractivity contribution in [3.8, 4) is 5.75 Å². The van der Waals surface area contributed by atoms with Gasteiger partial charge in [-0.2, -0.15) is 0 Å². The van der Waals surface area contributed by atoms with Gasteiger partial charge in [0.15, 0.2) is 0 Å². The summed E-state index contributed by atoms with van der Waals surface area (Å²) in [6.07, 6.45) is 0. The Hall–Kier alpha value is -1.46. The van der Waals surface area contributed by atoms with E-state index in [0.717, 1.165) is 0 Å². The van der Waals surface area contributed by atoms with E-state index in [1.165, 1.54) is 12.1 Å². The maximum absolute atomic E-state index is 10.3. The van der Waals surface area contributed by atoms with E-state index in [0.29, 0.717) is 0 Å². The molecule has 0 fully saturated rings. The van der Waals surface area contributed by atoms with Crippen molar-refractivity contribution >= 4 is 5.97 Å². The second-order valence-electron chi connectivity index (χ2n) is 2.27. The summed E-state index contributed by atoms with van der Waals surface area (Å²) in [7, 11) is 0. The molecule has 0 saturated carbocycles. The van der Waals surface area contributed by atoms with Crippen LogP contribution >= 0.6 is 0 Å². The third-order valence-electron chi connectivity index (χ3n) is 1.13. The van der Waals surface area contributed by atoms with Crippen LogP contribution in [0.1, 0.15) is 10.4 Å². The van der Waals surface area contributed by atoms with Gasteiger partial charge in [0.05, 0.1) is 0 Å². The third kappa shape index (κ3) is 7.60. The average Bonchev–Trinajstić information content (AvgIpc) is 2.01. The molecule has 1 aromatic rings. The first-order valence-electron chi connectivity index (χ1n) is 3.43. The zero-order valence-corrected chi connectivity index (χ0v) is 8.51. The Morgan fingerprint density at radius 1 is 1.13 bits per heavy atom. The molecule has 4 N–H and O–H groups in total. The first-order chi connectivity index (χ1) is 6.72. The second kappa shape index (κ2) is 5.43. The number of phenols is 1. The quantitative estimate of drug-likeness (QED) is 0.543. The van der Waals surface area contributed by atoms with Gasteiger partial charge in [-0.05, 0) is 12.1 Å². The molecular weight excluding hydrogens is 248 g/mol. The van der Waals surface area contributed by atoms with Gasteiger partial charge in [0, 0.05) is 0 Å². The zero-order valence-electron chi connectivity index (χ0n) is 7.23. The van der Waals surface area contributed by atoms with Crippen LogP contribution in [0.4, 0.5) is 0 Å². The fourth-order valence-corrected chi connectivity index (χ4v) is 0.654. The van der Waals surface area contributed by atoms with Gasteiger partial charge in [-0.3, -0.25) is 0 Å². The van der Waals surface area contributed by atoms with E-state index in [1.54, 1.807) is 12.1 Å². The molecule has 0 amide bonds. The van der Waals surface area contributed by atoms with Crippen molar-refractivity contribution < 1.29 is 44.5 Å². The summed E-state index contributed by atoms with van der Waals surface area (Å²) in [5, 5.41) is 17.3. The van der Waals surface area contributed by atoms with Crippen LogP contribution in [0.3, 0.4) is 0 Å². The fourth-order valence-electron chi connectivity index (χ4n) is 0.654. The number of hydrogen-bond acceptors (Lipinski definition) is 4. The molecular formula is C7H8CrO7. The summed E-state index contributed by atoms with van der Waals surface area (Å²) in [5.41, 5.74) is -0.0671. The molecule has 0 aliphatic carbocycles. The van der Waals surface area contributed by atoms with Gasteiger partial charge in [0.25, 0.3) is 0 Å². The topological polar surface area (TPSA) is 132 Å². The summed E-state index contributed by atoms with van der Waals surface area (Å²) in [4.78, 5) is 10.3. The Bertz CT molecular complexity index is 428. The van der Waals surface area contributed by atoms with Crippen LogP contribution in [0.2, 0.25) is 0 Å². The minimum absolute atomic E-state index is 0.0671. The van der Waals surface area contributed by atoms with Gasteiger partial charge in [0.2, 0.25) is 0 Å². The van der Waals surface area contributed by atoms with Crippen LogP contribution in [0.25, 0.3) is 0 Å².